The molecule has 0 unspecified atom stereocenters. The largest absolute Gasteiger partial charge is 0.495 e. The van der Waals surface area contributed by atoms with Crippen molar-refractivity contribution >= 4 is 45.2 Å². The van der Waals surface area contributed by atoms with Crippen LogP contribution in [0.25, 0.3) is 10.2 Å². The van der Waals surface area contributed by atoms with Gasteiger partial charge in [-0.15, -0.1) is 11.3 Å². The molecule has 9 heteroatoms. The summed E-state index contributed by atoms with van der Waals surface area (Å²) in [6.07, 6.45) is 5.76. The first-order chi connectivity index (χ1) is 15.6. The molecule has 0 radical (unpaired) electrons. The Balaban J connectivity index is 1.49. The van der Waals surface area contributed by atoms with Gasteiger partial charge in [0.2, 0.25) is 5.91 Å². The number of hydroxylamine groups is 2. The lowest BCUT2D eigenvalue weighted by molar-refractivity contribution is -0.179. The predicted molar refractivity (Wildman–Crippen MR) is 125 cm³/mol. The van der Waals surface area contributed by atoms with E-state index in [-0.39, 0.29) is 11.8 Å². The van der Waals surface area contributed by atoms with Crippen molar-refractivity contribution in [2.45, 2.75) is 32.7 Å². The van der Waals surface area contributed by atoms with E-state index < -0.39 is 0 Å². The molecule has 0 saturated carbocycles. The van der Waals surface area contributed by atoms with E-state index in [4.69, 9.17) is 9.57 Å². The molecule has 1 aromatic carbocycles. The molecule has 1 aliphatic heterocycles. The van der Waals surface area contributed by atoms with E-state index in [1.54, 1.807) is 31.9 Å². The van der Waals surface area contributed by atoms with Crippen LogP contribution in [-0.2, 0) is 29.0 Å². The Hall–Kier alpha value is -3.04. The Bertz CT molecular complexity index is 1220. The highest BCUT2D eigenvalue weighted by Crippen LogP contribution is 2.42. The van der Waals surface area contributed by atoms with Gasteiger partial charge in [0.15, 0.2) is 0 Å². The number of aryl methyl sites for hydroxylation is 1. The maximum Gasteiger partial charge on any atom is 0.249 e. The lowest BCUT2D eigenvalue weighted by atomic mass is 9.87. The number of carbonyl (C=O) groups is 1. The zero-order chi connectivity index (χ0) is 22.2. The van der Waals surface area contributed by atoms with Crippen LogP contribution in [0.1, 0.15) is 34.9 Å². The smallest absolute Gasteiger partial charge is 0.249 e. The van der Waals surface area contributed by atoms with E-state index in [0.29, 0.717) is 19.5 Å². The maximum atomic E-state index is 12.8. The third-order valence-electron chi connectivity index (χ3n) is 6.15. The summed E-state index contributed by atoms with van der Waals surface area (Å²) in [4.78, 5) is 33.6. The summed E-state index contributed by atoms with van der Waals surface area (Å²) >= 11 is 1.65. The van der Waals surface area contributed by atoms with Crippen LogP contribution in [0.5, 0.6) is 5.75 Å². The number of thiophene rings is 1. The number of methoxy groups -OCH3 is 1. The minimum absolute atomic E-state index is 0.0482. The van der Waals surface area contributed by atoms with Gasteiger partial charge in [0.05, 0.1) is 31.8 Å². The third-order valence-corrected chi connectivity index (χ3v) is 7.32. The number of nitrogens with zero attached hydrogens (tertiary/aromatic N) is 4. The molecule has 0 saturated heterocycles. The van der Waals surface area contributed by atoms with Gasteiger partial charge in [-0.05, 0) is 55.0 Å². The van der Waals surface area contributed by atoms with Crippen LogP contribution < -0.4 is 10.1 Å². The number of nitrogens with one attached hydrogen (secondary N) is 1. The normalized spacial score (nSPS) is 16.7. The fourth-order valence-electron chi connectivity index (χ4n) is 4.53. The molecule has 166 valence electrons. The average molecular weight is 452 g/mol. The van der Waals surface area contributed by atoms with Crippen LogP contribution in [0, 0.1) is 5.92 Å². The third kappa shape index (κ3) is 3.51. The molecular formula is C23H25N5O3S. The number of ether oxygens (including phenoxy) is 1. The van der Waals surface area contributed by atoms with Crippen LogP contribution >= 0.6 is 11.3 Å². The molecule has 5 rings (SSSR count). The Morgan fingerprint density at radius 1 is 1.31 bits per heavy atom. The molecule has 0 spiro atoms. The van der Waals surface area contributed by atoms with E-state index in [1.165, 1.54) is 15.5 Å². The number of carbonyl (C=O) groups excluding carboxylic acids is 1. The zero-order valence-electron chi connectivity index (χ0n) is 18.3. The fourth-order valence-corrected chi connectivity index (χ4v) is 5.79. The molecule has 1 atom stereocenters. The van der Waals surface area contributed by atoms with Crippen molar-refractivity contribution in [3.8, 4) is 5.75 Å². The predicted octanol–water partition coefficient (Wildman–Crippen LogP) is 3.89. The quantitative estimate of drug-likeness (QED) is 0.572. The minimum Gasteiger partial charge on any atom is -0.495 e. The second-order valence-electron chi connectivity index (χ2n) is 7.91. The van der Waals surface area contributed by atoms with Crippen molar-refractivity contribution < 1.29 is 14.4 Å². The molecule has 32 heavy (non-hydrogen) atoms. The topological polar surface area (TPSA) is 88.9 Å². The molecule has 8 nitrogen and oxygen atoms in total. The van der Waals surface area contributed by atoms with E-state index in [1.807, 2.05) is 19.2 Å². The highest BCUT2D eigenvalue weighted by molar-refractivity contribution is 7.19. The second-order valence-corrected chi connectivity index (χ2v) is 8.99. The summed E-state index contributed by atoms with van der Waals surface area (Å²) in [5, 5.41) is 5.96. The molecule has 1 N–H and O–H groups in total. The minimum atomic E-state index is -0.0732. The van der Waals surface area contributed by atoms with Gasteiger partial charge >= 0.3 is 0 Å². The van der Waals surface area contributed by atoms with Crippen LogP contribution in [0.15, 0.2) is 23.5 Å². The molecule has 3 heterocycles. The first-order valence-corrected chi connectivity index (χ1v) is 11.5. The molecule has 3 aromatic rings. The summed E-state index contributed by atoms with van der Waals surface area (Å²) in [6.45, 7) is 3.14. The molecule has 1 amide bonds. The monoisotopic (exact) mass is 451 g/mol. The van der Waals surface area contributed by atoms with Gasteiger partial charge in [0, 0.05) is 23.6 Å². The molecule has 2 aliphatic rings. The number of hydrogen-bond acceptors (Lipinski definition) is 8. The molecule has 0 fully saturated rings. The van der Waals surface area contributed by atoms with Crippen LogP contribution in [0.4, 0.5) is 11.5 Å². The van der Waals surface area contributed by atoms with Gasteiger partial charge in [-0.25, -0.2) is 15.0 Å². The van der Waals surface area contributed by atoms with Gasteiger partial charge < -0.3 is 10.1 Å². The van der Waals surface area contributed by atoms with Crippen molar-refractivity contribution in [1.82, 2.24) is 15.0 Å². The summed E-state index contributed by atoms with van der Waals surface area (Å²) < 4.78 is 5.62. The van der Waals surface area contributed by atoms with Gasteiger partial charge in [0.25, 0.3) is 0 Å². The van der Waals surface area contributed by atoms with Crippen LogP contribution in [0.2, 0.25) is 0 Å². The van der Waals surface area contributed by atoms with Gasteiger partial charge in [-0.2, -0.15) is 0 Å². The van der Waals surface area contributed by atoms with Crippen molar-refractivity contribution in [3.63, 3.8) is 0 Å². The Kier molecular flexibility index (Phi) is 5.52. The SMILES string of the molecule is CCN(OC)C(=O)[C@H]1CCc2c(sc3ncnc(Nc4cc5c(cc4OC)CN=C5)c23)C1. The van der Waals surface area contributed by atoms with E-state index in [0.717, 1.165) is 51.4 Å². The summed E-state index contributed by atoms with van der Waals surface area (Å²) in [7, 11) is 3.21. The Morgan fingerprint density at radius 3 is 2.97 bits per heavy atom. The number of anilines is 2. The molecular weight excluding hydrogens is 426 g/mol. The molecule has 0 bridgehead atoms. The number of fused-ring (bicyclic) bond motifs is 4. The number of aliphatic imine (C=N–C) groups is 1. The first kappa shape index (κ1) is 20.8. The Morgan fingerprint density at radius 2 is 2.19 bits per heavy atom. The van der Waals surface area contributed by atoms with Crippen LogP contribution in [0.3, 0.4) is 0 Å². The summed E-state index contributed by atoms with van der Waals surface area (Å²) in [6, 6.07) is 4.08. The van der Waals surface area contributed by atoms with Crippen molar-refractivity contribution in [2.75, 3.05) is 26.1 Å². The van der Waals surface area contributed by atoms with E-state index >= 15 is 0 Å². The fraction of sp³-hybridized carbons (Fsp3) is 0.391. The highest BCUT2D eigenvalue weighted by Gasteiger charge is 2.31. The first-order valence-electron chi connectivity index (χ1n) is 10.7. The number of benzene rings is 1. The van der Waals surface area contributed by atoms with Gasteiger partial charge in [0.1, 0.15) is 22.7 Å². The molecule has 1 aliphatic carbocycles. The van der Waals surface area contributed by atoms with Gasteiger partial charge in [-0.1, -0.05) is 0 Å². The lowest BCUT2D eigenvalue weighted by Gasteiger charge is -2.26. The van der Waals surface area contributed by atoms with Crippen LogP contribution in [-0.4, -0.2) is 47.9 Å². The zero-order valence-corrected chi connectivity index (χ0v) is 19.2. The van der Waals surface area contributed by atoms with Crippen molar-refractivity contribution in [3.05, 3.63) is 40.0 Å². The number of amides is 1. The Labute approximate surface area is 190 Å². The average Bonchev–Trinajstić information content (AvgIpc) is 3.42. The number of hydrogen-bond donors (Lipinski definition) is 1. The van der Waals surface area contributed by atoms with E-state index in [2.05, 4.69) is 26.3 Å². The maximum absolute atomic E-state index is 12.8. The highest BCUT2D eigenvalue weighted by atomic mass is 32.1. The summed E-state index contributed by atoms with van der Waals surface area (Å²) in [5.41, 5.74) is 4.33. The summed E-state index contributed by atoms with van der Waals surface area (Å²) in [5.74, 6) is 1.50. The van der Waals surface area contributed by atoms with E-state index in [9.17, 15) is 4.79 Å². The van der Waals surface area contributed by atoms with Crippen molar-refractivity contribution in [1.29, 1.82) is 0 Å². The molecule has 2 aromatic heterocycles. The second kappa shape index (κ2) is 8.48. The van der Waals surface area contributed by atoms with Crippen molar-refractivity contribution in [2.24, 2.45) is 10.9 Å². The van der Waals surface area contributed by atoms with Gasteiger partial charge in [-0.3, -0.25) is 14.6 Å². The number of aromatic nitrogens is 2. The standard InChI is InChI=1S/C23H25N5O3S/c1-4-28(31-3)23(29)13-5-6-16-19(9-13)32-22-20(16)21(25-12-26-22)27-17-7-14-10-24-11-15(14)8-18(17)30-2/h7-8,10,12-13H,4-6,9,11H2,1-3H3,(H,25,26,27)/t13-/m0/s1. The number of rotatable bonds is 6. The lowest BCUT2D eigenvalue weighted by Crippen LogP contribution is -2.37.